The van der Waals surface area contributed by atoms with Crippen molar-refractivity contribution in [1.29, 1.82) is 0 Å². The molecule has 1 saturated carbocycles. The number of carboxylic acids is 1. The lowest BCUT2D eigenvalue weighted by molar-refractivity contribution is -0.137. The van der Waals surface area contributed by atoms with Gasteiger partial charge in [0.25, 0.3) is 0 Å². The van der Waals surface area contributed by atoms with E-state index in [9.17, 15) is 9.59 Å². The molecule has 1 aromatic rings. The van der Waals surface area contributed by atoms with Crippen molar-refractivity contribution >= 4 is 23.6 Å². The number of urea groups is 1. The van der Waals surface area contributed by atoms with Crippen molar-refractivity contribution < 1.29 is 14.7 Å². The first-order valence-electron chi connectivity index (χ1n) is 10.6. The molecule has 3 rings (SSSR count). The molecule has 0 saturated heterocycles. The first-order chi connectivity index (χ1) is 13.8. The van der Waals surface area contributed by atoms with E-state index < -0.39 is 5.97 Å². The zero-order valence-electron chi connectivity index (χ0n) is 17.3. The van der Waals surface area contributed by atoms with Gasteiger partial charge < -0.3 is 15.3 Å². The maximum Gasteiger partial charge on any atom is 0.322 e. The molecule has 2 N–H and O–H groups in total. The highest BCUT2D eigenvalue weighted by Gasteiger charge is 2.29. The standard InChI is InChI=1S/C23H31ClN2O3/c1-15(2)19-14-26(12-4-7-21(27)28)23(29)25-22(19)18-11-10-17(20(24)13-18)9-8-16-5-3-6-16/h10-11,13-16,22H,3-9,12H2,1-2H3,(H,25,29)(H,27,28)/t22-/m1/s1. The highest BCUT2D eigenvalue weighted by atomic mass is 35.5. The van der Waals surface area contributed by atoms with Gasteiger partial charge in [0.05, 0.1) is 6.04 Å². The topological polar surface area (TPSA) is 69.6 Å². The molecule has 0 bridgehead atoms. The minimum absolute atomic E-state index is 0.0516. The van der Waals surface area contributed by atoms with Gasteiger partial charge in [-0.3, -0.25) is 4.79 Å². The summed E-state index contributed by atoms with van der Waals surface area (Å²) in [6.07, 6.45) is 8.61. The molecule has 2 aliphatic rings. The number of carboxylic acid groups (broad SMARTS) is 1. The van der Waals surface area contributed by atoms with Gasteiger partial charge in [-0.15, -0.1) is 0 Å². The summed E-state index contributed by atoms with van der Waals surface area (Å²) >= 11 is 6.59. The number of rotatable bonds is 9. The average molecular weight is 419 g/mol. The summed E-state index contributed by atoms with van der Waals surface area (Å²) in [7, 11) is 0. The Morgan fingerprint density at radius 3 is 2.69 bits per heavy atom. The Kier molecular flexibility index (Phi) is 7.23. The van der Waals surface area contributed by atoms with Crippen LogP contribution in [0.15, 0.2) is 30.0 Å². The molecular weight excluding hydrogens is 388 g/mol. The molecule has 1 aromatic carbocycles. The lowest BCUT2D eigenvalue weighted by Gasteiger charge is -2.34. The van der Waals surface area contributed by atoms with E-state index in [2.05, 4.69) is 31.3 Å². The van der Waals surface area contributed by atoms with Crippen molar-refractivity contribution in [2.24, 2.45) is 11.8 Å². The molecule has 0 aromatic heterocycles. The molecule has 1 aliphatic heterocycles. The van der Waals surface area contributed by atoms with E-state index in [1.807, 2.05) is 12.3 Å². The fraction of sp³-hybridized carbons (Fsp3) is 0.565. The fourth-order valence-electron chi connectivity index (χ4n) is 4.01. The third-order valence-corrected chi connectivity index (χ3v) is 6.43. The number of aryl methyl sites for hydroxylation is 1. The van der Waals surface area contributed by atoms with Gasteiger partial charge in [0, 0.05) is 24.2 Å². The summed E-state index contributed by atoms with van der Waals surface area (Å²) in [5.74, 6) is 0.242. The van der Waals surface area contributed by atoms with E-state index in [1.165, 1.54) is 31.2 Å². The van der Waals surface area contributed by atoms with Gasteiger partial charge in [0.1, 0.15) is 0 Å². The van der Waals surface area contributed by atoms with Crippen LogP contribution in [0.5, 0.6) is 0 Å². The lowest BCUT2D eigenvalue weighted by atomic mass is 9.81. The molecule has 2 amide bonds. The summed E-state index contributed by atoms with van der Waals surface area (Å²) in [4.78, 5) is 24.9. The van der Waals surface area contributed by atoms with Crippen molar-refractivity contribution in [3.8, 4) is 0 Å². The number of carbonyl (C=O) groups is 2. The molecule has 0 radical (unpaired) electrons. The number of nitrogens with zero attached hydrogens (tertiary/aromatic N) is 1. The second-order valence-corrected chi connectivity index (χ2v) is 8.95. The van der Waals surface area contributed by atoms with Gasteiger partial charge in [-0.1, -0.05) is 56.8 Å². The molecule has 1 fully saturated rings. The Balaban J connectivity index is 1.73. The Bertz CT molecular complexity index is 786. The van der Waals surface area contributed by atoms with Crippen LogP contribution in [0.1, 0.15) is 69.5 Å². The summed E-state index contributed by atoms with van der Waals surface area (Å²) in [6, 6.07) is 5.74. The number of carbonyl (C=O) groups excluding carboxylic acids is 1. The molecule has 5 nitrogen and oxygen atoms in total. The van der Waals surface area contributed by atoms with Gasteiger partial charge in [-0.05, 0) is 53.9 Å². The number of halogens is 1. The lowest BCUT2D eigenvalue weighted by Crippen LogP contribution is -2.45. The van der Waals surface area contributed by atoms with Crippen molar-refractivity contribution in [3.63, 3.8) is 0 Å². The highest BCUT2D eigenvalue weighted by molar-refractivity contribution is 6.31. The summed E-state index contributed by atoms with van der Waals surface area (Å²) < 4.78 is 0. The van der Waals surface area contributed by atoms with Gasteiger partial charge in [0.15, 0.2) is 0 Å². The van der Waals surface area contributed by atoms with E-state index in [0.29, 0.717) is 13.0 Å². The monoisotopic (exact) mass is 418 g/mol. The predicted octanol–water partition coefficient (Wildman–Crippen LogP) is 5.54. The zero-order chi connectivity index (χ0) is 21.0. The first-order valence-corrected chi connectivity index (χ1v) is 11.0. The van der Waals surface area contributed by atoms with Gasteiger partial charge in [-0.25, -0.2) is 4.79 Å². The molecule has 1 aliphatic carbocycles. The Morgan fingerprint density at radius 2 is 2.10 bits per heavy atom. The molecule has 6 heteroatoms. The fourth-order valence-corrected chi connectivity index (χ4v) is 4.30. The number of hydrogen-bond donors (Lipinski definition) is 2. The van der Waals surface area contributed by atoms with E-state index in [-0.39, 0.29) is 24.4 Å². The second-order valence-electron chi connectivity index (χ2n) is 8.54. The Labute approximate surface area is 178 Å². The molecule has 158 valence electrons. The van der Waals surface area contributed by atoms with E-state index in [0.717, 1.165) is 28.5 Å². The van der Waals surface area contributed by atoms with Crippen molar-refractivity contribution in [2.45, 2.75) is 64.8 Å². The van der Waals surface area contributed by atoms with Crippen LogP contribution >= 0.6 is 11.6 Å². The van der Waals surface area contributed by atoms with Gasteiger partial charge >= 0.3 is 12.0 Å². The largest absolute Gasteiger partial charge is 0.481 e. The molecule has 1 heterocycles. The highest BCUT2D eigenvalue weighted by Crippen LogP contribution is 2.35. The van der Waals surface area contributed by atoms with Crippen molar-refractivity contribution in [1.82, 2.24) is 10.2 Å². The maximum absolute atomic E-state index is 12.6. The molecule has 0 unspecified atom stereocenters. The van der Waals surface area contributed by atoms with Crippen LogP contribution in [0.2, 0.25) is 5.02 Å². The number of amides is 2. The third-order valence-electron chi connectivity index (χ3n) is 6.08. The van der Waals surface area contributed by atoms with Crippen LogP contribution in [0.4, 0.5) is 4.79 Å². The molecular formula is C23H31ClN2O3. The van der Waals surface area contributed by atoms with Crippen LogP contribution in [0.3, 0.4) is 0 Å². The minimum atomic E-state index is -0.847. The summed E-state index contributed by atoms with van der Waals surface area (Å²) in [6.45, 7) is 4.59. The third kappa shape index (κ3) is 5.53. The number of nitrogens with one attached hydrogen (secondary N) is 1. The summed E-state index contributed by atoms with van der Waals surface area (Å²) in [5.41, 5.74) is 3.26. The van der Waals surface area contributed by atoms with Crippen LogP contribution in [-0.2, 0) is 11.2 Å². The first kappa shape index (κ1) is 21.7. The Hall–Kier alpha value is -2.01. The van der Waals surface area contributed by atoms with Gasteiger partial charge in [0.2, 0.25) is 0 Å². The SMILES string of the molecule is CC(C)C1=CN(CCCC(=O)O)C(=O)N[C@@H]1c1ccc(CCC2CCC2)c(Cl)c1. The second kappa shape index (κ2) is 9.66. The average Bonchev–Trinajstić information content (AvgIpc) is 2.62. The van der Waals surface area contributed by atoms with Crippen LogP contribution in [0.25, 0.3) is 0 Å². The zero-order valence-corrected chi connectivity index (χ0v) is 18.0. The molecule has 1 atom stereocenters. The predicted molar refractivity (Wildman–Crippen MR) is 115 cm³/mol. The molecule has 29 heavy (non-hydrogen) atoms. The van der Waals surface area contributed by atoms with Crippen LogP contribution < -0.4 is 5.32 Å². The normalized spacial score (nSPS) is 19.7. The van der Waals surface area contributed by atoms with E-state index in [4.69, 9.17) is 16.7 Å². The number of benzene rings is 1. The minimum Gasteiger partial charge on any atom is -0.481 e. The van der Waals surface area contributed by atoms with Crippen LogP contribution in [0, 0.1) is 11.8 Å². The quantitative estimate of drug-likeness (QED) is 0.552. The van der Waals surface area contributed by atoms with E-state index in [1.54, 1.807) is 4.90 Å². The maximum atomic E-state index is 12.6. The smallest absolute Gasteiger partial charge is 0.322 e. The Morgan fingerprint density at radius 1 is 1.34 bits per heavy atom. The molecule has 0 spiro atoms. The van der Waals surface area contributed by atoms with E-state index >= 15 is 0 Å². The van der Waals surface area contributed by atoms with Crippen molar-refractivity contribution in [3.05, 3.63) is 46.1 Å². The van der Waals surface area contributed by atoms with Crippen LogP contribution in [-0.4, -0.2) is 28.6 Å². The summed E-state index contributed by atoms with van der Waals surface area (Å²) in [5, 5.41) is 12.7. The van der Waals surface area contributed by atoms with Crippen molar-refractivity contribution in [2.75, 3.05) is 6.54 Å². The number of hydrogen-bond acceptors (Lipinski definition) is 2. The number of aliphatic carboxylic acids is 1. The van der Waals surface area contributed by atoms with Gasteiger partial charge in [-0.2, -0.15) is 0 Å².